The molecule has 0 spiro atoms. The van der Waals surface area contributed by atoms with E-state index in [9.17, 15) is 29.1 Å². The molecule has 0 aliphatic rings. The number of unbranched alkanes of at least 4 members (excludes halogenated alkanes) is 13. The number of aliphatic hydroxyl groups excluding tert-OH is 1. The molecule has 0 radical (unpaired) electrons. The molecule has 0 saturated heterocycles. The van der Waals surface area contributed by atoms with Gasteiger partial charge in [0, 0.05) is 24.0 Å². The van der Waals surface area contributed by atoms with Crippen LogP contribution >= 0.6 is 0 Å². The smallest absolute Gasteiger partial charge is 0.308 e. The molecule has 57 heavy (non-hydrogen) atoms. The second-order valence-corrected chi connectivity index (χ2v) is 14.4. The van der Waals surface area contributed by atoms with Gasteiger partial charge in [0.2, 0.25) is 0 Å². The number of hydrogen-bond donors (Lipinski definition) is 2. The maximum Gasteiger partial charge on any atom is 0.308 e. The van der Waals surface area contributed by atoms with E-state index in [2.05, 4.69) is 18.8 Å². The summed E-state index contributed by atoms with van der Waals surface area (Å²) in [5, 5.41) is 18.9. The van der Waals surface area contributed by atoms with Gasteiger partial charge in [-0.15, -0.1) is 0 Å². The van der Waals surface area contributed by atoms with Crippen molar-refractivity contribution in [2.45, 2.75) is 154 Å². The first-order valence-electron chi connectivity index (χ1n) is 20.9. The molecule has 11 heteroatoms. The van der Waals surface area contributed by atoms with Crippen molar-refractivity contribution in [1.29, 1.82) is 0 Å². The summed E-state index contributed by atoms with van der Waals surface area (Å²) in [4.78, 5) is 58.9. The molecule has 0 aliphatic heterocycles. The average Bonchev–Trinajstić information content (AvgIpc) is 3.18. The van der Waals surface area contributed by atoms with Gasteiger partial charge in [0.05, 0.1) is 45.2 Å². The largest absolute Gasteiger partial charge is 0.481 e. The molecule has 0 amide bonds. The van der Waals surface area contributed by atoms with Crippen LogP contribution in [0.25, 0.3) is 0 Å². The van der Waals surface area contributed by atoms with Crippen LogP contribution < -0.4 is 0 Å². The van der Waals surface area contributed by atoms with Crippen LogP contribution in [-0.4, -0.2) is 66.0 Å². The second kappa shape index (κ2) is 31.4. The minimum absolute atomic E-state index is 0.0244. The molecule has 0 bridgehead atoms. The highest BCUT2D eigenvalue weighted by molar-refractivity contribution is 5.73. The van der Waals surface area contributed by atoms with Crippen LogP contribution in [0.4, 0.5) is 0 Å². The number of carboxylic acids is 1. The summed E-state index contributed by atoms with van der Waals surface area (Å²) in [6.07, 6.45) is 14.6. The van der Waals surface area contributed by atoms with E-state index < -0.39 is 24.0 Å². The molecule has 2 aromatic carbocycles. The summed E-state index contributed by atoms with van der Waals surface area (Å²) in [7, 11) is 0. The summed E-state index contributed by atoms with van der Waals surface area (Å²) in [5.74, 6) is 3.57. The lowest BCUT2D eigenvalue weighted by Gasteiger charge is -2.10. The number of aliphatic carboxylic acids is 1. The minimum Gasteiger partial charge on any atom is -0.481 e. The van der Waals surface area contributed by atoms with E-state index >= 15 is 0 Å². The summed E-state index contributed by atoms with van der Waals surface area (Å²) in [6, 6.07) is 14.5. The Morgan fingerprint density at radius 3 is 1.35 bits per heavy atom. The summed E-state index contributed by atoms with van der Waals surface area (Å²) in [6.45, 7) is 3.17. The first kappa shape index (κ1) is 48.5. The van der Waals surface area contributed by atoms with Gasteiger partial charge in [-0.2, -0.15) is 0 Å². The number of carboxylic acid groups (broad SMARTS) is 1. The highest BCUT2D eigenvalue weighted by Crippen LogP contribution is 2.12. The fourth-order valence-corrected chi connectivity index (χ4v) is 5.84. The highest BCUT2D eigenvalue weighted by atomic mass is 16.5. The number of carbonyl (C=O) groups excluding carboxylic acids is 4. The minimum atomic E-state index is -1.14. The zero-order valence-electron chi connectivity index (χ0n) is 33.9. The maximum atomic E-state index is 12.2. The molecule has 1 atom stereocenters. The van der Waals surface area contributed by atoms with Crippen LogP contribution in [0.3, 0.4) is 0 Å². The Hall–Kier alpha value is -4.69. The average molecular weight is 793 g/mol. The molecule has 2 N–H and O–H groups in total. The molecular formula is C46H64O11. The fourth-order valence-electron chi connectivity index (χ4n) is 5.84. The number of benzene rings is 2. The van der Waals surface area contributed by atoms with Gasteiger partial charge in [-0.25, -0.2) is 0 Å². The lowest BCUT2D eigenvalue weighted by Crippen LogP contribution is -2.21. The van der Waals surface area contributed by atoms with Gasteiger partial charge in [-0.3, -0.25) is 24.0 Å². The molecular weight excluding hydrogens is 728 g/mol. The van der Waals surface area contributed by atoms with Crippen LogP contribution in [0.5, 0.6) is 0 Å². The molecule has 0 saturated carbocycles. The first-order chi connectivity index (χ1) is 27.6. The second-order valence-electron chi connectivity index (χ2n) is 14.4. The van der Waals surface area contributed by atoms with Crippen molar-refractivity contribution in [3.63, 3.8) is 0 Å². The van der Waals surface area contributed by atoms with Crippen LogP contribution in [0.2, 0.25) is 0 Å². The molecule has 0 heterocycles. The van der Waals surface area contributed by atoms with E-state index in [0.29, 0.717) is 38.7 Å². The molecule has 0 aromatic heterocycles. The van der Waals surface area contributed by atoms with Crippen LogP contribution in [0, 0.1) is 11.8 Å². The number of aliphatic hydroxyl groups is 1. The van der Waals surface area contributed by atoms with Gasteiger partial charge < -0.3 is 29.2 Å². The van der Waals surface area contributed by atoms with Crippen molar-refractivity contribution >= 4 is 29.8 Å². The summed E-state index contributed by atoms with van der Waals surface area (Å²) < 4.78 is 21.0. The zero-order chi connectivity index (χ0) is 41.4. The van der Waals surface area contributed by atoms with E-state index in [1.54, 1.807) is 24.3 Å². The van der Waals surface area contributed by atoms with Gasteiger partial charge in [0.15, 0.2) is 0 Å². The molecule has 2 rings (SSSR count). The van der Waals surface area contributed by atoms with E-state index in [4.69, 9.17) is 24.1 Å². The van der Waals surface area contributed by atoms with Crippen molar-refractivity contribution in [3.8, 4) is 11.8 Å². The van der Waals surface area contributed by atoms with E-state index in [0.717, 1.165) is 47.9 Å². The fraction of sp³-hybridized carbons (Fsp3) is 0.587. The van der Waals surface area contributed by atoms with Crippen LogP contribution in [0.15, 0.2) is 48.5 Å². The lowest BCUT2D eigenvalue weighted by molar-refractivity contribution is -0.150. The van der Waals surface area contributed by atoms with Crippen LogP contribution in [-0.2, 0) is 55.9 Å². The van der Waals surface area contributed by atoms with Crippen molar-refractivity contribution in [3.05, 3.63) is 70.8 Å². The zero-order valence-corrected chi connectivity index (χ0v) is 33.9. The topological polar surface area (TPSA) is 163 Å². The monoisotopic (exact) mass is 792 g/mol. The van der Waals surface area contributed by atoms with E-state index in [-0.39, 0.29) is 63.9 Å². The third-order valence-corrected chi connectivity index (χ3v) is 9.16. The molecule has 0 fully saturated rings. The van der Waals surface area contributed by atoms with Crippen molar-refractivity contribution < 1.29 is 53.1 Å². The normalized spacial score (nSPS) is 11.2. The van der Waals surface area contributed by atoms with Crippen molar-refractivity contribution in [2.24, 2.45) is 0 Å². The van der Waals surface area contributed by atoms with Gasteiger partial charge >= 0.3 is 29.8 Å². The number of esters is 4. The third kappa shape index (κ3) is 26.7. The summed E-state index contributed by atoms with van der Waals surface area (Å²) in [5.41, 5.74) is 3.15. The van der Waals surface area contributed by atoms with Crippen LogP contribution in [0.1, 0.15) is 158 Å². The van der Waals surface area contributed by atoms with Gasteiger partial charge in [0.1, 0.15) is 6.61 Å². The number of rotatable bonds is 31. The van der Waals surface area contributed by atoms with Gasteiger partial charge in [-0.05, 0) is 80.3 Å². The highest BCUT2D eigenvalue weighted by Gasteiger charge is 2.17. The predicted octanol–water partition coefficient (Wildman–Crippen LogP) is 8.57. The Morgan fingerprint density at radius 2 is 0.895 bits per heavy atom. The Labute approximate surface area is 339 Å². The molecule has 11 nitrogen and oxygen atoms in total. The molecule has 0 aliphatic carbocycles. The van der Waals surface area contributed by atoms with Crippen molar-refractivity contribution in [1.82, 2.24) is 0 Å². The van der Waals surface area contributed by atoms with Gasteiger partial charge in [0.25, 0.3) is 0 Å². The van der Waals surface area contributed by atoms with E-state index in [1.165, 1.54) is 44.9 Å². The number of carbonyl (C=O) groups is 5. The Kier molecular flexibility index (Phi) is 26.7. The molecule has 314 valence electrons. The Morgan fingerprint density at radius 1 is 0.509 bits per heavy atom. The lowest BCUT2D eigenvalue weighted by atomic mass is 10.1. The quantitative estimate of drug-likeness (QED) is 0.0326. The summed E-state index contributed by atoms with van der Waals surface area (Å²) >= 11 is 0. The standard InChI is InChI=1S/C46H64O11/c1-2-3-4-5-6-7-8-9-10-15-31-55-45(52)34-41(47)35-46(53)56-32-17-11-13-18-43(50)54-30-16-12-14-19-44(51)57-36-40-28-24-38(25-29-40)21-20-37-22-26-39(27-23-37)33-42(48)49/h22-29,41,47H,2-19,30-36H2,1H3,(H,48,49). The Bertz CT molecular complexity index is 1510. The SMILES string of the molecule is CCCCCCCCCCCCOC(=O)CC(O)CC(=O)OCCCCCC(=O)OCCCCCC(=O)OCc1ccc(C#Cc2ccc(CC(=O)O)cc2)cc1. The maximum absolute atomic E-state index is 12.2. The van der Waals surface area contributed by atoms with Gasteiger partial charge in [-0.1, -0.05) is 101 Å². The first-order valence-corrected chi connectivity index (χ1v) is 20.9. The third-order valence-electron chi connectivity index (χ3n) is 9.16. The number of hydrogen-bond acceptors (Lipinski definition) is 10. The molecule has 2 aromatic rings. The predicted molar refractivity (Wildman–Crippen MR) is 217 cm³/mol. The number of ether oxygens (including phenoxy) is 4. The molecule has 1 unspecified atom stereocenters. The van der Waals surface area contributed by atoms with Crippen molar-refractivity contribution in [2.75, 3.05) is 19.8 Å². The van der Waals surface area contributed by atoms with E-state index in [1.807, 2.05) is 24.3 Å². The Balaban J connectivity index is 1.39.